The van der Waals surface area contributed by atoms with Gasteiger partial charge in [-0.05, 0) is 43.5 Å². The summed E-state index contributed by atoms with van der Waals surface area (Å²) in [5.74, 6) is 1.33. The number of guanidine groups is 1. The first-order valence-corrected chi connectivity index (χ1v) is 8.56. The quantitative estimate of drug-likeness (QED) is 0.210. The number of hydrogen-bond acceptors (Lipinski definition) is 5. The monoisotopic (exact) mass is 353 g/mol. The molecule has 0 spiro atoms. The first-order valence-electron chi connectivity index (χ1n) is 8.56. The van der Waals surface area contributed by atoms with E-state index in [9.17, 15) is 5.11 Å². The van der Waals surface area contributed by atoms with Gasteiger partial charge < -0.3 is 15.2 Å². The van der Waals surface area contributed by atoms with E-state index in [4.69, 9.17) is 10.00 Å². The van der Waals surface area contributed by atoms with E-state index in [1.165, 1.54) is 0 Å². The second-order valence-corrected chi connectivity index (χ2v) is 5.59. The highest BCUT2D eigenvalue weighted by Gasteiger charge is 1.99. The van der Waals surface area contributed by atoms with Gasteiger partial charge in [-0.1, -0.05) is 12.5 Å². The first-order chi connectivity index (χ1) is 12.8. The molecule has 0 fully saturated rings. The molecule has 0 aliphatic heterocycles. The predicted octanol–water partition coefficient (Wildman–Crippen LogP) is 3.27. The number of hydrogen-bond donors (Lipinski definition) is 3. The number of aromatic hydroxyl groups is 1. The molecule has 3 N–H and O–H groups in total. The second kappa shape index (κ2) is 11.3. The Balaban J connectivity index is 1.60. The van der Waals surface area contributed by atoms with Crippen LogP contribution in [0.2, 0.25) is 0 Å². The fourth-order valence-corrected chi connectivity index (χ4v) is 2.26. The number of benzene rings is 1. The number of aliphatic imine (C=N–C) groups is 1. The van der Waals surface area contributed by atoms with Gasteiger partial charge >= 0.3 is 0 Å². The number of nitrogens with zero attached hydrogens (tertiary/aromatic N) is 3. The van der Waals surface area contributed by atoms with E-state index in [-0.39, 0.29) is 5.75 Å². The van der Waals surface area contributed by atoms with Crippen LogP contribution in [-0.2, 0) is 0 Å². The van der Waals surface area contributed by atoms with Crippen molar-refractivity contribution in [1.82, 2.24) is 10.3 Å². The molecule has 0 radical (unpaired) electrons. The summed E-state index contributed by atoms with van der Waals surface area (Å²) in [6.07, 6.45) is 9.17. The molecule has 1 aromatic carbocycles. The molecule has 1 heterocycles. The summed E-state index contributed by atoms with van der Waals surface area (Å²) < 4.78 is 5.58. The number of ether oxygens (including phenoxy) is 1. The third-order valence-corrected chi connectivity index (χ3v) is 3.53. The average molecular weight is 353 g/mol. The number of aromatic nitrogens is 1. The van der Waals surface area contributed by atoms with E-state index >= 15 is 0 Å². The number of unbranched alkanes of at least 4 members (excludes halogenated alkanes) is 3. The van der Waals surface area contributed by atoms with Gasteiger partial charge in [0.2, 0.25) is 5.96 Å². The Hall–Kier alpha value is -3.27. The Morgan fingerprint density at radius 1 is 1.15 bits per heavy atom. The highest BCUT2D eigenvalue weighted by molar-refractivity contribution is 5.94. The lowest BCUT2D eigenvalue weighted by Crippen LogP contribution is -2.27. The van der Waals surface area contributed by atoms with Crippen LogP contribution in [0.3, 0.4) is 0 Å². The fourth-order valence-electron chi connectivity index (χ4n) is 2.26. The molecule has 2 rings (SSSR count). The van der Waals surface area contributed by atoms with Crippen LogP contribution in [-0.4, -0.2) is 29.2 Å². The number of phenolic OH excluding ortho intramolecular Hbond substituents is 1. The van der Waals surface area contributed by atoms with E-state index < -0.39 is 0 Å². The molecular formula is C19H23N5O2. The van der Waals surface area contributed by atoms with Crippen LogP contribution in [0.5, 0.6) is 11.5 Å². The molecule has 0 aliphatic rings. The molecule has 0 amide bonds. The summed E-state index contributed by atoms with van der Waals surface area (Å²) in [6.45, 7) is 1.26. The van der Waals surface area contributed by atoms with Gasteiger partial charge in [-0.2, -0.15) is 5.26 Å². The Labute approximate surface area is 153 Å². The van der Waals surface area contributed by atoms with Gasteiger partial charge in [-0.15, -0.1) is 0 Å². The van der Waals surface area contributed by atoms with Crippen LogP contribution < -0.4 is 15.4 Å². The van der Waals surface area contributed by atoms with E-state index in [0.717, 1.165) is 31.4 Å². The Morgan fingerprint density at radius 3 is 2.73 bits per heavy atom. The Bertz CT molecular complexity index is 728. The van der Waals surface area contributed by atoms with Crippen LogP contribution in [0, 0.1) is 11.5 Å². The van der Waals surface area contributed by atoms with Crippen molar-refractivity contribution in [2.75, 3.05) is 18.5 Å². The highest BCUT2D eigenvalue weighted by atomic mass is 16.5. The largest absolute Gasteiger partial charge is 0.508 e. The lowest BCUT2D eigenvalue weighted by atomic mass is 10.2. The van der Waals surface area contributed by atoms with Gasteiger partial charge in [-0.3, -0.25) is 15.3 Å². The van der Waals surface area contributed by atoms with E-state index in [2.05, 4.69) is 20.6 Å². The second-order valence-electron chi connectivity index (χ2n) is 5.59. The van der Waals surface area contributed by atoms with Crippen molar-refractivity contribution in [1.29, 1.82) is 5.26 Å². The molecule has 0 aliphatic carbocycles. The van der Waals surface area contributed by atoms with E-state index in [1.807, 2.05) is 12.3 Å². The SMILES string of the molecule is N#CNC(=NCCCCCCOc1cccc(O)c1)Nc1ccncc1. The Morgan fingerprint density at radius 2 is 1.96 bits per heavy atom. The van der Waals surface area contributed by atoms with E-state index in [1.54, 1.807) is 42.7 Å². The van der Waals surface area contributed by atoms with Crippen molar-refractivity contribution < 1.29 is 9.84 Å². The van der Waals surface area contributed by atoms with E-state index in [0.29, 0.717) is 24.9 Å². The molecule has 7 heteroatoms. The third-order valence-electron chi connectivity index (χ3n) is 3.53. The predicted molar refractivity (Wildman–Crippen MR) is 101 cm³/mol. The fraction of sp³-hybridized carbons (Fsp3) is 0.316. The minimum Gasteiger partial charge on any atom is -0.508 e. The van der Waals surface area contributed by atoms with Crippen molar-refractivity contribution in [2.24, 2.45) is 4.99 Å². The van der Waals surface area contributed by atoms with Gasteiger partial charge in [0.25, 0.3) is 0 Å². The molecular weight excluding hydrogens is 330 g/mol. The van der Waals surface area contributed by atoms with Crippen LogP contribution in [0.1, 0.15) is 25.7 Å². The zero-order chi connectivity index (χ0) is 18.5. The number of rotatable bonds is 9. The molecule has 1 aromatic heterocycles. The van der Waals surface area contributed by atoms with Crippen LogP contribution in [0.4, 0.5) is 5.69 Å². The standard InChI is InChI=1S/C19H23N5O2/c20-15-23-19(24-16-8-11-21-12-9-16)22-10-3-1-2-4-13-26-18-7-5-6-17(25)14-18/h5-9,11-12,14,25H,1-4,10,13H2,(H2,21,22,23,24). The summed E-state index contributed by atoms with van der Waals surface area (Å²) in [5.41, 5.74) is 0.825. The molecule has 136 valence electrons. The summed E-state index contributed by atoms with van der Waals surface area (Å²) in [4.78, 5) is 8.32. The van der Waals surface area contributed by atoms with Crippen LogP contribution in [0.15, 0.2) is 53.8 Å². The number of nitrogens with one attached hydrogen (secondary N) is 2. The van der Waals surface area contributed by atoms with Crippen molar-refractivity contribution in [3.8, 4) is 17.7 Å². The zero-order valence-corrected chi connectivity index (χ0v) is 14.6. The lowest BCUT2D eigenvalue weighted by molar-refractivity contribution is 0.303. The van der Waals surface area contributed by atoms with Gasteiger partial charge in [0.05, 0.1) is 6.61 Å². The highest BCUT2D eigenvalue weighted by Crippen LogP contribution is 2.18. The normalized spacial score (nSPS) is 10.8. The minimum atomic E-state index is 0.211. The minimum absolute atomic E-state index is 0.211. The molecule has 0 unspecified atom stereocenters. The molecule has 7 nitrogen and oxygen atoms in total. The maximum absolute atomic E-state index is 9.36. The summed E-state index contributed by atoms with van der Waals surface area (Å²) in [7, 11) is 0. The lowest BCUT2D eigenvalue weighted by Gasteiger charge is -2.08. The van der Waals surface area contributed by atoms with Crippen molar-refractivity contribution in [2.45, 2.75) is 25.7 Å². The van der Waals surface area contributed by atoms with Crippen LogP contribution >= 0.6 is 0 Å². The summed E-state index contributed by atoms with van der Waals surface area (Å²) in [5, 5.41) is 23.8. The summed E-state index contributed by atoms with van der Waals surface area (Å²) >= 11 is 0. The maximum atomic E-state index is 9.36. The van der Waals surface area contributed by atoms with Crippen molar-refractivity contribution in [3.05, 3.63) is 48.8 Å². The van der Waals surface area contributed by atoms with Gasteiger partial charge in [0.1, 0.15) is 11.5 Å². The number of nitriles is 1. The molecule has 0 saturated carbocycles. The topological polar surface area (TPSA) is 103 Å². The van der Waals surface area contributed by atoms with Crippen molar-refractivity contribution >= 4 is 11.6 Å². The van der Waals surface area contributed by atoms with Gasteiger partial charge in [0.15, 0.2) is 6.19 Å². The molecule has 2 aromatic rings. The number of anilines is 1. The number of pyridine rings is 1. The van der Waals surface area contributed by atoms with Gasteiger partial charge in [0, 0.05) is 30.7 Å². The third kappa shape index (κ3) is 7.53. The molecule has 0 bridgehead atoms. The van der Waals surface area contributed by atoms with Gasteiger partial charge in [-0.25, -0.2) is 0 Å². The Kier molecular flexibility index (Phi) is 8.29. The first kappa shape index (κ1) is 19.1. The van der Waals surface area contributed by atoms with Crippen LogP contribution in [0.25, 0.3) is 0 Å². The summed E-state index contributed by atoms with van der Waals surface area (Å²) in [6, 6.07) is 10.4. The van der Waals surface area contributed by atoms with Crippen molar-refractivity contribution in [3.63, 3.8) is 0 Å². The number of phenols is 1. The zero-order valence-electron chi connectivity index (χ0n) is 14.6. The molecule has 0 atom stereocenters. The molecule has 26 heavy (non-hydrogen) atoms. The maximum Gasteiger partial charge on any atom is 0.209 e. The average Bonchev–Trinajstić information content (AvgIpc) is 2.65. The molecule has 0 saturated heterocycles. The smallest absolute Gasteiger partial charge is 0.209 e.